The maximum Gasteiger partial charge on any atom is 0.0309 e. The van der Waals surface area contributed by atoms with Crippen LogP contribution in [0.1, 0.15) is 24.5 Å². The van der Waals surface area contributed by atoms with E-state index >= 15 is 0 Å². The fourth-order valence-electron chi connectivity index (χ4n) is 3.04. The van der Waals surface area contributed by atoms with Crippen LogP contribution in [0.15, 0.2) is 48.5 Å². The summed E-state index contributed by atoms with van der Waals surface area (Å²) in [5.41, 5.74) is 5.92. The zero-order valence-corrected chi connectivity index (χ0v) is 11.5. The zero-order chi connectivity index (χ0) is 11.9. The first-order valence-electron chi connectivity index (χ1n) is 6.09. The minimum absolute atomic E-state index is 0.160. The van der Waals surface area contributed by atoms with E-state index in [1.54, 1.807) is 0 Å². The van der Waals surface area contributed by atoms with Gasteiger partial charge >= 0.3 is 0 Å². The molecule has 1 aliphatic rings. The number of halogens is 1. The molecule has 86 valence electrons. The number of rotatable bonds is 2. The Morgan fingerprint density at radius 2 is 1.35 bits per heavy atom. The Morgan fingerprint density at radius 1 is 0.882 bits per heavy atom. The quantitative estimate of drug-likeness (QED) is 0.699. The first-order valence-corrected chi connectivity index (χ1v) is 7.21. The molecule has 0 bridgehead atoms. The average Bonchev–Trinajstić information content (AvgIpc) is 2.70. The van der Waals surface area contributed by atoms with Crippen LogP contribution < -0.4 is 0 Å². The minimum Gasteiger partial charge on any atom is -0.0915 e. The Bertz CT molecular complexity index is 505. The van der Waals surface area contributed by atoms with E-state index in [0.717, 1.165) is 11.8 Å². The van der Waals surface area contributed by atoms with E-state index in [4.69, 9.17) is 0 Å². The van der Waals surface area contributed by atoms with Gasteiger partial charge in [0.05, 0.1) is 0 Å². The summed E-state index contributed by atoms with van der Waals surface area (Å²) in [6, 6.07) is 17.6. The molecule has 2 aromatic carbocycles. The smallest absolute Gasteiger partial charge is 0.0309 e. The maximum atomic E-state index is 3.73. The van der Waals surface area contributed by atoms with E-state index in [1.165, 1.54) is 22.3 Å². The van der Waals surface area contributed by atoms with E-state index in [0.29, 0.717) is 0 Å². The van der Waals surface area contributed by atoms with Gasteiger partial charge in [0.25, 0.3) is 0 Å². The van der Waals surface area contributed by atoms with Crippen molar-refractivity contribution >= 4 is 15.9 Å². The molecular weight excluding hydrogens is 272 g/mol. The topological polar surface area (TPSA) is 0 Å². The normalized spacial score (nSPS) is 15.4. The molecule has 3 rings (SSSR count). The number of alkyl halides is 1. The molecule has 0 nitrogen and oxygen atoms in total. The summed E-state index contributed by atoms with van der Waals surface area (Å²) in [5, 5.41) is 0.991. The fraction of sp³-hybridized carbons (Fsp3) is 0.250. The molecule has 0 heterocycles. The van der Waals surface area contributed by atoms with Crippen molar-refractivity contribution in [3.63, 3.8) is 0 Å². The van der Waals surface area contributed by atoms with Crippen molar-refractivity contribution in [3.05, 3.63) is 59.7 Å². The van der Waals surface area contributed by atoms with Crippen LogP contribution in [0.4, 0.5) is 0 Å². The molecule has 0 atom stereocenters. The van der Waals surface area contributed by atoms with Crippen LogP contribution in [0, 0.1) is 0 Å². The van der Waals surface area contributed by atoms with Gasteiger partial charge in [-0.1, -0.05) is 71.4 Å². The highest BCUT2D eigenvalue weighted by Crippen LogP contribution is 2.51. The van der Waals surface area contributed by atoms with Crippen molar-refractivity contribution in [1.29, 1.82) is 0 Å². The molecule has 0 radical (unpaired) electrons. The summed E-state index contributed by atoms with van der Waals surface area (Å²) < 4.78 is 0. The molecule has 2 aromatic rings. The van der Waals surface area contributed by atoms with Crippen molar-refractivity contribution in [2.24, 2.45) is 0 Å². The van der Waals surface area contributed by atoms with Crippen LogP contribution in [-0.4, -0.2) is 5.33 Å². The summed E-state index contributed by atoms with van der Waals surface area (Å²) in [5.74, 6) is 0. The highest BCUT2D eigenvalue weighted by molar-refractivity contribution is 9.09. The molecule has 0 unspecified atom stereocenters. The van der Waals surface area contributed by atoms with Crippen molar-refractivity contribution in [3.8, 4) is 11.1 Å². The van der Waals surface area contributed by atoms with Crippen molar-refractivity contribution in [2.45, 2.75) is 18.8 Å². The lowest BCUT2D eigenvalue weighted by Crippen LogP contribution is -2.25. The standard InChI is InChI=1S/C16H15Br/c1-2-16(11-17)14-9-5-3-7-12(14)13-8-4-6-10-15(13)16/h3-10H,2,11H2,1H3. The first kappa shape index (κ1) is 11.0. The molecule has 0 fully saturated rings. The van der Waals surface area contributed by atoms with Crippen LogP contribution in [0.25, 0.3) is 11.1 Å². The number of hydrogen-bond donors (Lipinski definition) is 0. The lowest BCUT2D eigenvalue weighted by molar-refractivity contribution is 0.579. The highest BCUT2D eigenvalue weighted by Gasteiger charge is 2.40. The molecule has 0 amide bonds. The summed E-state index contributed by atoms with van der Waals surface area (Å²) in [4.78, 5) is 0. The van der Waals surface area contributed by atoms with Gasteiger partial charge in [-0.3, -0.25) is 0 Å². The number of benzene rings is 2. The summed E-state index contributed by atoms with van der Waals surface area (Å²) in [6.07, 6.45) is 1.13. The lowest BCUT2D eigenvalue weighted by Gasteiger charge is -2.28. The number of fused-ring (bicyclic) bond motifs is 3. The van der Waals surface area contributed by atoms with Gasteiger partial charge in [-0.25, -0.2) is 0 Å². The predicted molar refractivity (Wildman–Crippen MR) is 76.7 cm³/mol. The second-order valence-electron chi connectivity index (χ2n) is 4.66. The van der Waals surface area contributed by atoms with Gasteiger partial charge in [-0.15, -0.1) is 0 Å². The van der Waals surface area contributed by atoms with Crippen molar-refractivity contribution in [2.75, 3.05) is 5.33 Å². The molecular formula is C16H15Br. The SMILES string of the molecule is CCC1(CBr)c2ccccc2-c2ccccc21. The Morgan fingerprint density at radius 3 is 1.76 bits per heavy atom. The number of hydrogen-bond acceptors (Lipinski definition) is 0. The Hall–Kier alpha value is -1.08. The van der Waals surface area contributed by atoms with Gasteiger partial charge in [0, 0.05) is 10.7 Å². The predicted octanol–water partition coefficient (Wildman–Crippen LogP) is 4.76. The second kappa shape index (κ2) is 3.99. The van der Waals surface area contributed by atoms with Crippen LogP contribution in [0.5, 0.6) is 0 Å². The van der Waals surface area contributed by atoms with Crippen LogP contribution in [0.2, 0.25) is 0 Å². The fourth-order valence-corrected chi connectivity index (χ4v) is 4.04. The second-order valence-corrected chi connectivity index (χ2v) is 5.22. The molecule has 17 heavy (non-hydrogen) atoms. The minimum atomic E-state index is 0.160. The largest absolute Gasteiger partial charge is 0.0915 e. The van der Waals surface area contributed by atoms with Gasteiger partial charge in [0.15, 0.2) is 0 Å². The molecule has 1 aliphatic carbocycles. The lowest BCUT2D eigenvalue weighted by atomic mass is 9.78. The zero-order valence-electron chi connectivity index (χ0n) is 9.91. The van der Waals surface area contributed by atoms with Gasteiger partial charge < -0.3 is 0 Å². The van der Waals surface area contributed by atoms with Crippen LogP contribution in [-0.2, 0) is 5.41 Å². The molecule has 0 aliphatic heterocycles. The van der Waals surface area contributed by atoms with Gasteiger partial charge in [0.1, 0.15) is 0 Å². The van der Waals surface area contributed by atoms with Crippen molar-refractivity contribution in [1.82, 2.24) is 0 Å². The van der Waals surface area contributed by atoms with Crippen LogP contribution >= 0.6 is 15.9 Å². The van der Waals surface area contributed by atoms with E-state index in [9.17, 15) is 0 Å². The van der Waals surface area contributed by atoms with E-state index < -0.39 is 0 Å². The van der Waals surface area contributed by atoms with Crippen molar-refractivity contribution < 1.29 is 0 Å². The molecule has 0 saturated carbocycles. The average molecular weight is 287 g/mol. The molecule has 0 N–H and O–H groups in total. The maximum absolute atomic E-state index is 3.73. The van der Waals surface area contributed by atoms with Crippen LogP contribution in [0.3, 0.4) is 0 Å². The third kappa shape index (κ3) is 1.35. The Kier molecular flexibility index (Phi) is 2.59. The first-order chi connectivity index (χ1) is 8.33. The molecule has 0 saturated heterocycles. The monoisotopic (exact) mass is 286 g/mol. The summed E-state index contributed by atoms with van der Waals surface area (Å²) in [6.45, 7) is 2.28. The molecule has 0 spiro atoms. The Balaban J connectivity index is 2.38. The molecule has 0 aromatic heterocycles. The summed E-state index contributed by atoms with van der Waals surface area (Å²) >= 11 is 3.73. The van der Waals surface area contributed by atoms with Gasteiger partial charge in [-0.2, -0.15) is 0 Å². The van der Waals surface area contributed by atoms with Gasteiger partial charge in [-0.05, 0) is 28.7 Å². The highest BCUT2D eigenvalue weighted by atomic mass is 79.9. The third-order valence-electron chi connectivity index (χ3n) is 4.01. The van der Waals surface area contributed by atoms with E-state index in [-0.39, 0.29) is 5.41 Å². The molecule has 1 heteroatoms. The van der Waals surface area contributed by atoms with E-state index in [1.807, 2.05) is 0 Å². The third-order valence-corrected chi connectivity index (χ3v) is 4.96. The Labute approximate surface area is 111 Å². The van der Waals surface area contributed by atoms with Gasteiger partial charge in [0.2, 0.25) is 0 Å². The van der Waals surface area contributed by atoms with E-state index in [2.05, 4.69) is 71.4 Å². The summed E-state index contributed by atoms with van der Waals surface area (Å²) in [7, 11) is 0.